The summed E-state index contributed by atoms with van der Waals surface area (Å²) in [6.45, 7) is 0. The first-order valence-corrected chi connectivity index (χ1v) is 6.19. The number of amides is 1. The molecule has 5 nitrogen and oxygen atoms in total. The second-order valence-electron chi connectivity index (χ2n) is 4.14. The Balaban J connectivity index is 2.32. The number of anilines is 3. The van der Waals surface area contributed by atoms with Gasteiger partial charge in [0.1, 0.15) is 5.75 Å². The summed E-state index contributed by atoms with van der Waals surface area (Å²) in [4.78, 5) is 11.1. The molecule has 0 atom stereocenters. The van der Waals surface area contributed by atoms with Crippen LogP contribution in [0.15, 0.2) is 36.4 Å². The number of primary amides is 1. The summed E-state index contributed by atoms with van der Waals surface area (Å²) in [5.41, 5.74) is 13.1. The van der Waals surface area contributed by atoms with Crippen LogP contribution < -0.4 is 21.5 Å². The third kappa shape index (κ3) is 2.95. The van der Waals surface area contributed by atoms with Gasteiger partial charge in [0.05, 0.1) is 29.2 Å². The molecule has 2 aromatic carbocycles. The Kier molecular flexibility index (Phi) is 4.00. The molecule has 2 rings (SSSR count). The van der Waals surface area contributed by atoms with Crippen molar-refractivity contribution in [3.63, 3.8) is 0 Å². The van der Waals surface area contributed by atoms with E-state index in [4.69, 9.17) is 27.8 Å². The Hall–Kier alpha value is -2.40. The van der Waals surface area contributed by atoms with E-state index < -0.39 is 5.91 Å². The van der Waals surface area contributed by atoms with Gasteiger partial charge in [-0.2, -0.15) is 0 Å². The summed E-state index contributed by atoms with van der Waals surface area (Å²) in [5.74, 6) is 0.145. The maximum absolute atomic E-state index is 11.1. The predicted octanol–water partition coefficient (Wildman–Crippen LogP) is 2.77. The van der Waals surface area contributed by atoms with Crippen LogP contribution >= 0.6 is 11.6 Å². The summed E-state index contributed by atoms with van der Waals surface area (Å²) in [6.07, 6.45) is 0. The molecule has 0 bridgehead atoms. The van der Waals surface area contributed by atoms with Crippen molar-refractivity contribution in [2.75, 3.05) is 18.2 Å². The fourth-order valence-electron chi connectivity index (χ4n) is 1.70. The van der Waals surface area contributed by atoms with E-state index in [-0.39, 0.29) is 0 Å². The summed E-state index contributed by atoms with van der Waals surface area (Å²) in [7, 11) is 1.57. The molecule has 2 aromatic rings. The van der Waals surface area contributed by atoms with Crippen molar-refractivity contribution in [1.29, 1.82) is 0 Å². The van der Waals surface area contributed by atoms with Crippen molar-refractivity contribution < 1.29 is 9.53 Å². The molecule has 0 aliphatic carbocycles. The highest BCUT2D eigenvalue weighted by Crippen LogP contribution is 2.31. The van der Waals surface area contributed by atoms with Gasteiger partial charge in [0.25, 0.3) is 0 Å². The van der Waals surface area contributed by atoms with Gasteiger partial charge in [-0.05, 0) is 30.3 Å². The topological polar surface area (TPSA) is 90.4 Å². The average Bonchev–Trinajstić information content (AvgIpc) is 2.43. The van der Waals surface area contributed by atoms with E-state index in [0.29, 0.717) is 33.4 Å². The lowest BCUT2D eigenvalue weighted by Gasteiger charge is -2.12. The number of hydrogen-bond acceptors (Lipinski definition) is 4. The van der Waals surface area contributed by atoms with Crippen molar-refractivity contribution in [2.45, 2.75) is 0 Å². The molecule has 0 aromatic heterocycles. The second-order valence-corrected chi connectivity index (χ2v) is 4.54. The third-order valence-electron chi connectivity index (χ3n) is 2.78. The van der Waals surface area contributed by atoms with Crippen LogP contribution in [0.3, 0.4) is 0 Å². The van der Waals surface area contributed by atoms with Crippen molar-refractivity contribution in [3.8, 4) is 5.75 Å². The first kappa shape index (κ1) is 14.0. The molecule has 104 valence electrons. The van der Waals surface area contributed by atoms with E-state index in [0.717, 1.165) is 0 Å². The number of halogens is 1. The van der Waals surface area contributed by atoms with E-state index in [1.807, 2.05) is 0 Å². The molecule has 6 heteroatoms. The molecule has 20 heavy (non-hydrogen) atoms. The van der Waals surface area contributed by atoms with Crippen LogP contribution in [0.5, 0.6) is 5.75 Å². The Morgan fingerprint density at radius 1 is 1.20 bits per heavy atom. The summed E-state index contributed by atoms with van der Waals surface area (Å²) < 4.78 is 5.14. The highest BCUT2D eigenvalue weighted by Gasteiger charge is 2.08. The first-order valence-electron chi connectivity index (χ1n) is 5.81. The molecule has 0 saturated carbocycles. The highest BCUT2D eigenvalue weighted by molar-refractivity contribution is 6.33. The van der Waals surface area contributed by atoms with E-state index in [9.17, 15) is 4.79 Å². The van der Waals surface area contributed by atoms with Crippen LogP contribution in [0.4, 0.5) is 17.1 Å². The Labute approximate surface area is 121 Å². The van der Waals surface area contributed by atoms with Gasteiger partial charge in [0, 0.05) is 11.6 Å². The summed E-state index contributed by atoms with van der Waals surface area (Å²) >= 11 is 6.10. The Morgan fingerprint density at radius 2 is 1.95 bits per heavy atom. The Bertz CT molecular complexity index is 659. The third-order valence-corrected chi connectivity index (χ3v) is 3.11. The van der Waals surface area contributed by atoms with Gasteiger partial charge < -0.3 is 21.5 Å². The molecule has 0 heterocycles. The zero-order chi connectivity index (χ0) is 14.7. The number of nitrogens with one attached hydrogen (secondary N) is 1. The smallest absolute Gasteiger partial charge is 0.248 e. The quantitative estimate of drug-likeness (QED) is 0.756. The lowest BCUT2D eigenvalue weighted by Crippen LogP contribution is -2.11. The number of carbonyl (C=O) groups excluding carboxylic acids is 1. The number of benzene rings is 2. The SMILES string of the molecule is COc1ccc(Cl)c(Nc2ccc(C(N)=O)cc2N)c1. The maximum Gasteiger partial charge on any atom is 0.248 e. The van der Waals surface area contributed by atoms with Crippen LogP contribution in [-0.2, 0) is 0 Å². The minimum atomic E-state index is -0.525. The van der Waals surface area contributed by atoms with Gasteiger partial charge in [-0.25, -0.2) is 0 Å². The van der Waals surface area contributed by atoms with Crippen molar-refractivity contribution in [1.82, 2.24) is 0 Å². The molecular formula is C14H14ClN3O2. The van der Waals surface area contributed by atoms with E-state index in [1.165, 1.54) is 6.07 Å². The minimum Gasteiger partial charge on any atom is -0.497 e. The van der Waals surface area contributed by atoms with Gasteiger partial charge in [-0.1, -0.05) is 11.6 Å². The van der Waals surface area contributed by atoms with Crippen LogP contribution in [-0.4, -0.2) is 13.0 Å². The molecule has 0 aliphatic rings. The zero-order valence-corrected chi connectivity index (χ0v) is 11.6. The van der Waals surface area contributed by atoms with Gasteiger partial charge >= 0.3 is 0 Å². The number of nitrogens with two attached hydrogens (primary N) is 2. The average molecular weight is 292 g/mol. The molecule has 0 radical (unpaired) electrons. The van der Waals surface area contributed by atoms with Crippen LogP contribution in [0.1, 0.15) is 10.4 Å². The predicted molar refractivity (Wildman–Crippen MR) is 80.7 cm³/mol. The lowest BCUT2D eigenvalue weighted by molar-refractivity contribution is 0.100. The highest BCUT2D eigenvalue weighted by atomic mass is 35.5. The van der Waals surface area contributed by atoms with Gasteiger partial charge in [0.2, 0.25) is 5.91 Å². The van der Waals surface area contributed by atoms with Crippen molar-refractivity contribution >= 4 is 34.6 Å². The first-order chi connectivity index (χ1) is 9.51. The zero-order valence-electron chi connectivity index (χ0n) is 10.8. The monoisotopic (exact) mass is 291 g/mol. The number of methoxy groups -OCH3 is 1. The largest absolute Gasteiger partial charge is 0.497 e. The minimum absolute atomic E-state index is 0.352. The number of nitrogen functional groups attached to an aromatic ring is 1. The summed E-state index contributed by atoms with van der Waals surface area (Å²) in [6, 6.07) is 10.0. The van der Waals surface area contributed by atoms with Crippen LogP contribution in [0.25, 0.3) is 0 Å². The van der Waals surface area contributed by atoms with Crippen molar-refractivity contribution in [2.24, 2.45) is 5.73 Å². The lowest BCUT2D eigenvalue weighted by atomic mass is 10.1. The number of rotatable bonds is 4. The molecule has 5 N–H and O–H groups in total. The molecule has 0 fully saturated rings. The van der Waals surface area contributed by atoms with Crippen LogP contribution in [0, 0.1) is 0 Å². The standard InChI is InChI=1S/C14H14ClN3O2/c1-20-9-3-4-10(15)13(7-9)18-12-5-2-8(14(17)19)6-11(12)16/h2-7,18H,16H2,1H3,(H2,17,19). The molecular weight excluding hydrogens is 278 g/mol. The van der Waals surface area contributed by atoms with E-state index in [2.05, 4.69) is 5.32 Å². The fraction of sp³-hybridized carbons (Fsp3) is 0.0714. The Morgan fingerprint density at radius 3 is 2.55 bits per heavy atom. The van der Waals surface area contributed by atoms with Gasteiger partial charge in [-0.15, -0.1) is 0 Å². The second kappa shape index (κ2) is 5.71. The number of carbonyl (C=O) groups is 1. The van der Waals surface area contributed by atoms with E-state index in [1.54, 1.807) is 37.4 Å². The number of ether oxygens (including phenoxy) is 1. The van der Waals surface area contributed by atoms with Gasteiger partial charge in [0.15, 0.2) is 0 Å². The molecule has 0 saturated heterocycles. The molecule has 0 unspecified atom stereocenters. The van der Waals surface area contributed by atoms with Gasteiger partial charge in [-0.3, -0.25) is 4.79 Å². The molecule has 0 spiro atoms. The normalized spacial score (nSPS) is 10.1. The number of hydrogen-bond donors (Lipinski definition) is 3. The van der Waals surface area contributed by atoms with Crippen LogP contribution in [0.2, 0.25) is 5.02 Å². The van der Waals surface area contributed by atoms with E-state index >= 15 is 0 Å². The molecule has 0 aliphatic heterocycles. The molecule has 1 amide bonds. The fourth-order valence-corrected chi connectivity index (χ4v) is 1.87. The summed E-state index contributed by atoms with van der Waals surface area (Å²) in [5, 5.41) is 3.62. The van der Waals surface area contributed by atoms with Crippen molar-refractivity contribution in [3.05, 3.63) is 47.0 Å². The maximum atomic E-state index is 11.1.